The van der Waals surface area contributed by atoms with Crippen molar-refractivity contribution in [3.63, 3.8) is 0 Å². The van der Waals surface area contributed by atoms with E-state index in [4.69, 9.17) is 0 Å². The number of hydrogen-bond acceptors (Lipinski definition) is 2. The van der Waals surface area contributed by atoms with Crippen LogP contribution >= 0.6 is 22.9 Å². The fourth-order valence-corrected chi connectivity index (χ4v) is 3.25. The van der Waals surface area contributed by atoms with Crippen LogP contribution in [0.2, 0.25) is 0 Å². The van der Waals surface area contributed by atoms with Crippen LogP contribution in [0, 0.1) is 5.92 Å². The zero-order valence-corrected chi connectivity index (χ0v) is 8.70. The van der Waals surface area contributed by atoms with Gasteiger partial charge in [-0.2, -0.15) is 0 Å². The second-order valence-corrected chi connectivity index (χ2v) is 4.97. The molecule has 2 heterocycles. The van der Waals surface area contributed by atoms with Gasteiger partial charge < -0.3 is 5.11 Å². The van der Waals surface area contributed by atoms with Gasteiger partial charge in [0, 0.05) is 35.5 Å². The number of piperidine rings is 1. The molecule has 0 spiro atoms. The highest BCUT2D eigenvalue weighted by molar-refractivity contribution is 14.1. The molecule has 11 heavy (non-hydrogen) atoms. The van der Waals surface area contributed by atoms with Gasteiger partial charge in [-0.3, -0.25) is 0 Å². The van der Waals surface area contributed by atoms with Gasteiger partial charge in [-0.05, 0) is 25.2 Å². The topological polar surface area (TPSA) is 23.5 Å². The van der Waals surface area contributed by atoms with Crippen LogP contribution in [0.3, 0.4) is 0 Å². The summed E-state index contributed by atoms with van der Waals surface area (Å²) in [6.45, 7) is 1.10. The van der Waals surface area contributed by atoms with Crippen LogP contribution in [0.1, 0.15) is 25.7 Å². The van der Waals surface area contributed by atoms with Gasteiger partial charge in [0.2, 0.25) is 0 Å². The average molecular weight is 267 g/mol. The molecule has 2 nitrogen and oxygen atoms in total. The van der Waals surface area contributed by atoms with Crippen LogP contribution < -0.4 is 0 Å². The van der Waals surface area contributed by atoms with Crippen LogP contribution in [-0.2, 0) is 0 Å². The molecule has 1 aliphatic carbocycles. The van der Waals surface area contributed by atoms with Gasteiger partial charge in [0.05, 0.1) is 6.10 Å². The molecule has 3 fully saturated rings. The van der Waals surface area contributed by atoms with Crippen LogP contribution in [0.4, 0.5) is 0 Å². The Morgan fingerprint density at radius 3 is 3.00 bits per heavy atom. The van der Waals surface area contributed by atoms with Crippen molar-refractivity contribution in [3.8, 4) is 0 Å². The molecule has 3 rings (SSSR count). The molecule has 0 aromatic rings. The summed E-state index contributed by atoms with van der Waals surface area (Å²) in [4.78, 5) is 0. The summed E-state index contributed by atoms with van der Waals surface area (Å²) in [6, 6.07) is 0.657. The monoisotopic (exact) mass is 267 g/mol. The maximum absolute atomic E-state index is 9.67. The van der Waals surface area contributed by atoms with Gasteiger partial charge in [0.15, 0.2) is 0 Å². The van der Waals surface area contributed by atoms with Crippen LogP contribution in [-0.4, -0.2) is 26.9 Å². The van der Waals surface area contributed by atoms with Crippen LogP contribution in [0.25, 0.3) is 0 Å². The summed E-state index contributed by atoms with van der Waals surface area (Å²) in [6.07, 6.45) is 4.83. The SMILES string of the molecule is OC1CC2CCCC1CN2I. The van der Waals surface area contributed by atoms with E-state index in [1.165, 1.54) is 19.3 Å². The first-order valence-electron chi connectivity index (χ1n) is 4.38. The maximum atomic E-state index is 9.67. The summed E-state index contributed by atoms with van der Waals surface area (Å²) in [7, 11) is 0. The molecule has 0 aromatic carbocycles. The highest BCUT2D eigenvalue weighted by Gasteiger charge is 2.35. The Labute approximate surface area is 81.5 Å². The van der Waals surface area contributed by atoms with Gasteiger partial charge in [-0.25, -0.2) is 3.11 Å². The number of fused-ring (bicyclic) bond motifs is 4. The number of nitrogens with zero attached hydrogens (tertiary/aromatic N) is 1. The lowest BCUT2D eigenvalue weighted by Gasteiger charge is -2.35. The first-order chi connectivity index (χ1) is 5.27. The zero-order chi connectivity index (χ0) is 7.84. The smallest absolute Gasteiger partial charge is 0.0596 e. The van der Waals surface area contributed by atoms with Crippen LogP contribution in [0.15, 0.2) is 0 Å². The fourth-order valence-electron chi connectivity index (χ4n) is 2.24. The Hall–Kier alpha value is 0.650. The minimum absolute atomic E-state index is 0.00600. The summed E-state index contributed by atoms with van der Waals surface area (Å²) >= 11 is 2.41. The highest BCUT2D eigenvalue weighted by atomic mass is 127. The first-order valence-corrected chi connectivity index (χ1v) is 5.34. The lowest BCUT2D eigenvalue weighted by atomic mass is 9.93. The van der Waals surface area contributed by atoms with Gasteiger partial charge >= 0.3 is 0 Å². The van der Waals surface area contributed by atoms with Gasteiger partial charge in [0.1, 0.15) is 0 Å². The summed E-state index contributed by atoms with van der Waals surface area (Å²) < 4.78 is 2.39. The molecule has 2 saturated heterocycles. The van der Waals surface area contributed by atoms with E-state index in [2.05, 4.69) is 26.0 Å². The standard InChI is InChI=1S/C8H14INO/c9-10-5-6-2-1-3-7(10)4-8(6)11/h6-8,11H,1-5H2. The Bertz CT molecular complexity index is 137. The molecule has 2 aliphatic heterocycles. The molecule has 3 unspecified atom stereocenters. The van der Waals surface area contributed by atoms with E-state index in [-0.39, 0.29) is 6.10 Å². The maximum Gasteiger partial charge on any atom is 0.0596 e. The third-order valence-electron chi connectivity index (χ3n) is 2.98. The Balaban J connectivity index is 2.12. The lowest BCUT2D eigenvalue weighted by molar-refractivity contribution is 0.0482. The normalized spacial score (nSPS) is 45.8. The van der Waals surface area contributed by atoms with E-state index < -0.39 is 0 Å². The fraction of sp³-hybridized carbons (Fsp3) is 1.00. The predicted octanol–water partition coefficient (Wildman–Crippen LogP) is 1.57. The number of aliphatic hydroxyl groups excluding tert-OH is 1. The van der Waals surface area contributed by atoms with Crippen molar-refractivity contribution in [3.05, 3.63) is 0 Å². The Kier molecular flexibility index (Phi) is 2.39. The third-order valence-corrected chi connectivity index (χ3v) is 4.16. The van der Waals surface area contributed by atoms with Crippen molar-refractivity contribution >= 4 is 22.9 Å². The van der Waals surface area contributed by atoms with E-state index in [9.17, 15) is 5.11 Å². The second kappa shape index (κ2) is 3.18. The third kappa shape index (κ3) is 1.55. The Morgan fingerprint density at radius 1 is 1.36 bits per heavy atom. The minimum atomic E-state index is -0.00600. The van der Waals surface area contributed by atoms with Crippen molar-refractivity contribution in [2.24, 2.45) is 5.92 Å². The van der Waals surface area contributed by atoms with E-state index in [1.807, 2.05) is 0 Å². The molecular weight excluding hydrogens is 253 g/mol. The van der Waals surface area contributed by atoms with Crippen molar-refractivity contribution in [1.29, 1.82) is 0 Å². The number of halogens is 1. The number of aliphatic hydroxyl groups is 1. The zero-order valence-electron chi connectivity index (χ0n) is 6.54. The van der Waals surface area contributed by atoms with Crippen molar-refractivity contribution in [1.82, 2.24) is 3.11 Å². The lowest BCUT2D eigenvalue weighted by Crippen LogP contribution is -2.42. The van der Waals surface area contributed by atoms with Gasteiger partial charge in [0.25, 0.3) is 0 Å². The van der Waals surface area contributed by atoms with E-state index in [0.29, 0.717) is 12.0 Å². The van der Waals surface area contributed by atoms with Gasteiger partial charge in [-0.15, -0.1) is 0 Å². The van der Waals surface area contributed by atoms with Crippen molar-refractivity contribution in [2.75, 3.05) is 6.54 Å². The summed E-state index contributed by atoms with van der Waals surface area (Å²) in [5.41, 5.74) is 0. The average Bonchev–Trinajstić information content (AvgIpc) is 2.21. The molecule has 3 atom stereocenters. The molecular formula is C8H14INO. The first kappa shape index (κ1) is 8.26. The largest absolute Gasteiger partial charge is 0.393 e. The van der Waals surface area contributed by atoms with E-state index in [1.54, 1.807) is 0 Å². The molecule has 3 heteroatoms. The van der Waals surface area contributed by atoms with Crippen molar-refractivity contribution in [2.45, 2.75) is 37.8 Å². The van der Waals surface area contributed by atoms with E-state index in [0.717, 1.165) is 13.0 Å². The molecule has 3 aliphatic rings. The molecule has 0 radical (unpaired) electrons. The number of rotatable bonds is 0. The molecule has 1 saturated carbocycles. The number of hydrogen-bond donors (Lipinski definition) is 1. The second-order valence-electron chi connectivity index (χ2n) is 3.73. The molecule has 1 N–H and O–H groups in total. The van der Waals surface area contributed by atoms with Gasteiger partial charge in [-0.1, -0.05) is 6.42 Å². The molecule has 0 amide bonds. The quantitative estimate of drug-likeness (QED) is 0.532. The molecule has 64 valence electrons. The predicted molar refractivity (Wildman–Crippen MR) is 52.5 cm³/mol. The summed E-state index contributed by atoms with van der Waals surface area (Å²) in [5.74, 6) is 0.561. The molecule has 2 bridgehead atoms. The molecule has 0 aromatic heterocycles. The summed E-state index contributed by atoms with van der Waals surface area (Å²) in [5, 5.41) is 9.67. The Morgan fingerprint density at radius 2 is 2.18 bits per heavy atom. The van der Waals surface area contributed by atoms with Crippen LogP contribution in [0.5, 0.6) is 0 Å². The van der Waals surface area contributed by atoms with Crippen molar-refractivity contribution < 1.29 is 5.11 Å². The highest BCUT2D eigenvalue weighted by Crippen LogP contribution is 2.35. The van der Waals surface area contributed by atoms with E-state index >= 15 is 0 Å². The minimum Gasteiger partial charge on any atom is -0.393 e.